The first-order valence-electron chi connectivity index (χ1n) is 4.51. The second kappa shape index (κ2) is 8.99. The third-order valence-corrected chi connectivity index (χ3v) is 2.56. The fraction of sp³-hybridized carbons (Fsp3) is 1.00. The third-order valence-electron chi connectivity index (χ3n) is 1.76. The zero-order chi connectivity index (χ0) is 9.45. The Labute approximate surface area is 91.2 Å². The van der Waals surface area contributed by atoms with Crippen molar-refractivity contribution in [2.75, 3.05) is 5.75 Å². The molecule has 3 nitrogen and oxygen atoms in total. The van der Waals surface area contributed by atoms with E-state index in [-0.39, 0.29) is 22.5 Å². The average molecular weight is 253 g/mol. The summed E-state index contributed by atoms with van der Waals surface area (Å²) >= 11 is 0. The molecule has 0 amide bonds. The van der Waals surface area contributed by atoms with Crippen molar-refractivity contribution in [1.29, 1.82) is 0 Å². The third kappa shape index (κ3) is 15.2. The van der Waals surface area contributed by atoms with Crippen LogP contribution >= 0.6 is 0 Å². The summed E-state index contributed by atoms with van der Waals surface area (Å²) in [5, 5.41) is 0. The van der Waals surface area contributed by atoms with Gasteiger partial charge in [-0.3, -0.25) is 4.55 Å². The van der Waals surface area contributed by atoms with E-state index in [4.69, 9.17) is 4.55 Å². The topological polar surface area (TPSA) is 54.4 Å². The molecule has 5 heteroatoms. The first-order chi connectivity index (χ1) is 5.56. The van der Waals surface area contributed by atoms with Crippen LogP contribution in [-0.4, -0.2) is 18.7 Å². The van der Waals surface area contributed by atoms with Crippen molar-refractivity contribution < 1.29 is 29.7 Å². The van der Waals surface area contributed by atoms with Gasteiger partial charge in [-0.1, -0.05) is 39.0 Å². The molecule has 0 aromatic carbocycles. The van der Waals surface area contributed by atoms with E-state index in [2.05, 4.69) is 6.92 Å². The maximum atomic E-state index is 10.3. The van der Waals surface area contributed by atoms with Crippen molar-refractivity contribution in [1.82, 2.24) is 0 Å². The SMILES string of the molecule is CCCCCCCCS(=O)(=O)O.[Co]. The molecule has 0 fully saturated rings. The molecular formula is C8H18CoO3S. The van der Waals surface area contributed by atoms with Gasteiger partial charge in [-0.05, 0) is 6.42 Å². The van der Waals surface area contributed by atoms with Crippen molar-refractivity contribution in [3.8, 4) is 0 Å². The van der Waals surface area contributed by atoms with Crippen LogP contribution in [0.5, 0.6) is 0 Å². The second-order valence-corrected chi connectivity index (χ2v) is 4.63. The Hall–Kier alpha value is 0.416. The minimum atomic E-state index is -3.72. The van der Waals surface area contributed by atoms with Gasteiger partial charge in [0.25, 0.3) is 10.1 Å². The standard InChI is InChI=1S/C8H18O3S.Co/c1-2-3-4-5-6-7-8-12(9,10)11;/h2-8H2,1H3,(H,9,10,11);. The Bertz CT molecular complexity index is 190. The molecule has 0 aromatic rings. The van der Waals surface area contributed by atoms with Gasteiger partial charge in [0.05, 0.1) is 5.75 Å². The Morgan fingerprint density at radius 2 is 1.46 bits per heavy atom. The van der Waals surface area contributed by atoms with Crippen LogP contribution in [0.1, 0.15) is 45.4 Å². The molecule has 0 aliphatic carbocycles. The molecule has 0 rings (SSSR count). The van der Waals surface area contributed by atoms with Crippen LogP contribution < -0.4 is 0 Å². The summed E-state index contributed by atoms with van der Waals surface area (Å²) < 4.78 is 28.9. The van der Waals surface area contributed by atoms with E-state index in [0.29, 0.717) is 6.42 Å². The van der Waals surface area contributed by atoms with Gasteiger partial charge in [-0.25, -0.2) is 0 Å². The molecule has 1 radical (unpaired) electrons. The van der Waals surface area contributed by atoms with Crippen LogP contribution in [0.25, 0.3) is 0 Å². The van der Waals surface area contributed by atoms with Gasteiger partial charge >= 0.3 is 0 Å². The molecule has 1 N–H and O–H groups in total. The molecule has 0 aliphatic rings. The normalized spacial score (nSPS) is 10.9. The summed E-state index contributed by atoms with van der Waals surface area (Å²) in [5.74, 6) is -0.0842. The molecule has 0 bridgehead atoms. The molecule has 0 unspecified atom stereocenters. The monoisotopic (exact) mass is 253 g/mol. The molecule has 13 heavy (non-hydrogen) atoms. The Morgan fingerprint density at radius 3 is 1.92 bits per heavy atom. The summed E-state index contributed by atoms with van der Waals surface area (Å²) in [6, 6.07) is 0. The summed E-state index contributed by atoms with van der Waals surface area (Å²) in [7, 11) is -3.72. The van der Waals surface area contributed by atoms with Gasteiger partial charge in [0.1, 0.15) is 0 Å². The quantitative estimate of drug-likeness (QED) is 0.559. The van der Waals surface area contributed by atoms with Crippen LogP contribution in [0, 0.1) is 0 Å². The fourth-order valence-electron chi connectivity index (χ4n) is 1.06. The molecule has 0 saturated carbocycles. The Kier molecular flexibility index (Phi) is 11.0. The van der Waals surface area contributed by atoms with Crippen molar-refractivity contribution >= 4 is 10.1 Å². The van der Waals surface area contributed by atoms with Gasteiger partial charge in [0.15, 0.2) is 0 Å². The predicted molar refractivity (Wildman–Crippen MR) is 49.8 cm³/mol. The minimum Gasteiger partial charge on any atom is -0.286 e. The zero-order valence-electron chi connectivity index (χ0n) is 7.96. The van der Waals surface area contributed by atoms with Crippen molar-refractivity contribution in [3.05, 3.63) is 0 Å². The Balaban J connectivity index is 0. The van der Waals surface area contributed by atoms with E-state index in [0.717, 1.165) is 12.8 Å². The number of hydrogen-bond acceptors (Lipinski definition) is 2. The maximum absolute atomic E-state index is 10.3. The zero-order valence-corrected chi connectivity index (χ0v) is 9.81. The fourth-order valence-corrected chi connectivity index (χ4v) is 1.63. The smallest absolute Gasteiger partial charge is 0.264 e. The van der Waals surface area contributed by atoms with E-state index in [1.807, 2.05) is 0 Å². The number of hydrogen-bond donors (Lipinski definition) is 1. The molecule has 0 saturated heterocycles. The minimum absolute atomic E-state index is 0. The van der Waals surface area contributed by atoms with E-state index in [1.54, 1.807) is 0 Å². The van der Waals surface area contributed by atoms with E-state index >= 15 is 0 Å². The number of unbranched alkanes of at least 4 members (excludes halogenated alkanes) is 5. The van der Waals surface area contributed by atoms with Gasteiger partial charge < -0.3 is 0 Å². The van der Waals surface area contributed by atoms with Crippen LogP contribution in [0.15, 0.2) is 0 Å². The molecule has 0 spiro atoms. The molecular weight excluding hydrogens is 235 g/mol. The van der Waals surface area contributed by atoms with Crippen molar-refractivity contribution in [2.24, 2.45) is 0 Å². The first kappa shape index (κ1) is 15.9. The first-order valence-corrected chi connectivity index (χ1v) is 6.12. The summed E-state index contributed by atoms with van der Waals surface area (Å²) in [6.07, 6.45) is 6.14. The van der Waals surface area contributed by atoms with Crippen LogP contribution in [0.3, 0.4) is 0 Å². The summed E-state index contributed by atoms with van der Waals surface area (Å²) in [6.45, 7) is 2.14. The van der Waals surface area contributed by atoms with E-state index in [1.165, 1.54) is 19.3 Å². The molecule has 0 heterocycles. The summed E-state index contributed by atoms with van der Waals surface area (Å²) in [5.41, 5.74) is 0. The predicted octanol–water partition coefficient (Wildman–Crippen LogP) is 2.23. The maximum Gasteiger partial charge on any atom is 0.264 e. The largest absolute Gasteiger partial charge is 0.286 e. The van der Waals surface area contributed by atoms with Crippen LogP contribution in [-0.2, 0) is 26.9 Å². The molecule has 83 valence electrons. The molecule has 0 aromatic heterocycles. The van der Waals surface area contributed by atoms with Crippen LogP contribution in [0.4, 0.5) is 0 Å². The van der Waals surface area contributed by atoms with Crippen molar-refractivity contribution in [2.45, 2.75) is 45.4 Å². The number of rotatable bonds is 7. The summed E-state index contributed by atoms with van der Waals surface area (Å²) in [4.78, 5) is 0. The molecule has 0 atom stereocenters. The average Bonchev–Trinajstić information content (AvgIpc) is 1.94. The Morgan fingerprint density at radius 1 is 1.00 bits per heavy atom. The molecule has 0 aliphatic heterocycles. The van der Waals surface area contributed by atoms with Gasteiger partial charge in [-0.2, -0.15) is 8.42 Å². The van der Waals surface area contributed by atoms with E-state index < -0.39 is 10.1 Å². The van der Waals surface area contributed by atoms with Crippen LogP contribution in [0.2, 0.25) is 0 Å². The van der Waals surface area contributed by atoms with Gasteiger partial charge in [0, 0.05) is 16.8 Å². The van der Waals surface area contributed by atoms with E-state index in [9.17, 15) is 8.42 Å². The van der Waals surface area contributed by atoms with Crippen molar-refractivity contribution in [3.63, 3.8) is 0 Å². The van der Waals surface area contributed by atoms with Gasteiger partial charge in [0.2, 0.25) is 0 Å². The van der Waals surface area contributed by atoms with Gasteiger partial charge in [-0.15, -0.1) is 0 Å². The second-order valence-electron chi connectivity index (χ2n) is 3.05.